The van der Waals surface area contributed by atoms with Crippen LogP contribution >= 0.6 is 0 Å². The quantitative estimate of drug-likeness (QED) is 0.700. The van der Waals surface area contributed by atoms with Gasteiger partial charge in [-0.3, -0.25) is 4.79 Å². The molecule has 1 amide bonds. The zero-order valence-corrected chi connectivity index (χ0v) is 9.10. The van der Waals surface area contributed by atoms with Crippen molar-refractivity contribution in [3.05, 3.63) is 41.7 Å². The molecule has 1 N–H and O–H groups in total. The molecule has 16 heavy (non-hydrogen) atoms. The Balaban J connectivity index is 2.18. The summed E-state index contributed by atoms with van der Waals surface area (Å²) in [5.74, 6) is 0.0888. The Morgan fingerprint density at radius 2 is 2.12 bits per heavy atom. The van der Waals surface area contributed by atoms with Crippen molar-refractivity contribution in [1.29, 1.82) is 0 Å². The highest BCUT2D eigenvalue weighted by Gasteiger charge is 2.28. The van der Waals surface area contributed by atoms with Gasteiger partial charge in [0.1, 0.15) is 0 Å². The van der Waals surface area contributed by atoms with E-state index in [1.54, 1.807) is 4.90 Å². The highest BCUT2D eigenvalue weighted by molar-refractivity contribution is 6.01. The lowest BCUT2D eigenvalue weighted by atomic mass is 10.1. The van der Waals surface area contributed by atoms with Crippen molar-refractivity contribution in [2.45, 2.75) is 0 Å². The number of carbonyl (C=O) groups is 1. The molecule has 2 heterocycles. The number of anilines is 1. The van der Waals surface area contributed by atoms with Crippen LogP contribution in [-0.2, 0) is 0 Å². The normalized spacial score (nSPS) is 18.6. The Kier molecular flexibility index (Phi) is 1.89. The molecule has 3 rings (SSSR count). The van der Waals surface area contributed by atoms with E-state index in [0.29, 0.717) is 6.54 Å². The Bertz CT molecular complexity index is 481. The van der Waals surface area contributed by atoms with Crippen LogP contribution in [0.2, 0.25) is 0 Å². The van der Waals surface area contributed by atoms with Crippen LogP contribution in [0.5, 0.6) is 0 Å². The van der Waals surface area contributed by atoms with E-state index in [9.17, 15) is 4.79 Å². The number of nitrogens with zero attached hydrogens (tertiary/aromatic N) is 2. The third-order valence-corrected chi connectivity index (χ3v) is 3.04. The van der Waals surface area contributed by atoms with E-state index in [1.165, 1.54) is 0 Å². The first kappa shape index (κ1) is 9.27. The summed E-state index contributed by atoms with van der Waals surface area (Å²) < 4.78 is 0. The molecule has 0 spiro atoms. The summed E-state index contributed by atoms with van der Waals surface area (Å²) in [4.78, 5) is 16.0. The lowest BCUT2D eigenvalue weighted by Crippen LogP contribution is -2.28. The van der Waals surface area contributed by atoms with E-state index in [0.717, 1.165) is 23.6 Å². The smallest absolute Gasteiger partial charge is 0.256 e. The number of fused-ring (bicyclic) bond motifs is 3. The first-order chi connectivity index (χ1) is 7.77. The number of rotatable bonds is 0. The molecule has 4 heteroatoms. The number of hydrogen-bond acceptors (Lipinski definition) is 3. The van der Waals surface area contributed by atoms with Crippen molar-refractivity contribution >= 4 is 11.6 Å². The number of para-hydroxylation sites is 1. The van der Waals surface area contributed by atoms with Crippen LogP contribution in [0, 0.1) is 0 Å². The molecule has 0 bridgehead atoms. The van der Waals surface area contributed by atoms with Crippen LogP contribution < -0.4 is 10.2 Å². The van der Waals surface area contributed by atoms with Gasteiger partial charge in [-0.05, 0) is 12.1 Å². The minimum absolute atomic E-state index is 0.0888. The molecule has 0 saturated heterocycles. The highest BCUT2D eigenvalue weighted by atomic mass is 16.2. The second kappa shape index (κ2) is 3.27. The molecule has 0 saturated carbocycles. The van der Waals surface area contributed by atoms with Gasteiger partial charge in [0, 0.05) is 13.2 Å². The Morgan fingerprint density at radius 3 is 3.00 bits per heavy atom. The lowest BCUT2D eigenvalue weighted by Gasteiger charge is -2.20. The van der Waals surface area contributed by atoms with Gasteiger partial charge >= 0.3 is 0 Å². The minimum Gasteiger partial charge on any atom is -0.372 e. The fourth-order valence-electron chi connectivity index (χ4n) is 2.22. The molecule has 0 unspecified atom stereocenters. The van der Waals surface area contributed by atoms with Gasteiger partial charge < -0.3 is 15.1 Å². The number of likely N-dealkylation sites (N-methyl/N-ethyl adjacent to an activating group) is 1. The summed E-state index contributed by atoms with van der Waals surface area (Å²) in [6.07, 6.45) is 1.98. The lowest BCUT2D eigenvalue weighted by molar-refractivity contribution is 0.0811. The third kappa shape index (κ3) is 1.19. The Labute approximate surface area is 94.2 Å². The zero-order chi connectivity index (χ0) is 11.1. The number of nitrogens with one attached hydrogen (secondary N) is 1. The fourth-order valence-corrected chi connectivity index (χ4v) is 2.22. The van der Waals surface area contributed by atoms with Gasteiger partial charge in [-0.15, -0.1) is 0 Å². The number of benzene rings is 1. The van der Waals surface area contributed by atoms with Crippen molar-refractivity contribution in [2.24, 2.45) is 0 Å². The highest BCUT2D eigenvalue weighted by Crippen LogP contribution is 2.29. The molecule has 0 atom stereocenters. The van der Waals surface area contributed by atoms with Crippen LogP contribution in [-0.4, -0.2) is 31.1 Å². The third-order valence-electron chi connectivity index (χ3n) is 3.04. The van der Waals surface area contributed by atoms with Crippen molar-refractivity contribution in [2.75, 3.05) is 25.2 Å². The molecule has 0 aromatic heterocycles. The van der Waals surface area contributed by atoms with E-state index in [2.05, 4.69) is 10.2 Å². The largest absolute Gasteiger partial charge is 0.372 e. The van der Waals surface area contributed by atoms with Crippen LogP contribution in [0.15, 0.2) is 36.2 Å². The van der Waals surface area contributed by atoms with Gasteiger partial charge in [0.15, 0.2) is 0 Å². The predicted octanol–water partition coefficient (Wildman–Crippen LogP) is 0.981. The molecule has 2 aliphatic heterocycles. The second-order valence-electron chi connectivity index (χ2n) is 4.10. The van der Waals surface area contributed by atoms with Gasteiger partial charge in [-0.1, -0.05) is 12.1 Å². The summed E-state index contributed by atoms with van der Waals surface area (Å²) >= 11 is 0. The molecule has 4 nitrogen and oxygen atoms in total. The van der Waals surface area contributed by atoms with Gasteiger partial charge in [0.05, 0.1) is 30.2 Å². The zero-order valence-electron chi connectivity index (χ0n) is 9.10. The molecule has 1 aromatic rings. The molecular formula is C12H13N3O. The van der Waals surface area contributed by atoms with Crippen molar-refractivity contribution < 1.29 is 4.79 Å². The molecule has 0 radical (unpaired) electrons. The number of amides is 1. The summed E-state index contributed by atoms with van der Waals surface area (Å²) in [6.45, 7) is 1.40. The SMILES string of the molecule is CN1CC2=CNCN2c2ccccc2C1=O. The molecule has 2 aliphatic rings. The summed E-state index contributed by atoms with van der Waals surface area (Å²) in [5, 5.41) is 3.19. The van der Waals surface area contributed by atoms with Crippen molar-refractivity contribution in [1.82, 2.24) is 10.2 Å². The maximum atomic E-state index is 12.1. The van der Waals surface area contributed by atoms with E-state index >= 15 is 0 Å². The predicted molar refractivity (Wildman–Crippen MR) is 62.0 cm³/mol. The number of hydrogen-bond donors (Lipinski definition) is 1. The van der Waals surface area contributed by atoms with Crippen LogP contribution in [0.3, 0.4) is 0 Å². The topological polar surface area (TPSA) is 35.6 Å². The van der Waals surface area contributed by atoms with E-state index in [1.807, 2.05) is 37.5 Å². The van der Waals surface area contributed by atoms with Crippen molar-refractivity contribution in [3.63, 3.8) is 0 Å². The Morgan fingerprint density at radius 1 is 1.31 bits per heavy atom. The molecule has 0 fully saturated rings. The first-order valence-corrected chi connectivity index (χ1v) is 5.32. The van der Waals surface area contributed by atoms with Gasteiger partial charge in [0.25, 0.3) is 5.91 Å². The van der Waals surface area contributed by atoms with Gasteiger partial charge in [-0.2, -0.15) is 0 Å². The molecule has 82 valence electrons. The molecule has 1 aromatic carbocycles. The van der Waals surface area contributed by atoms with Crippen LogP contribution in [0.25, 0.3) is 0 Å². The van der Waals surface area contributed by atoms with E-state index in [4.69, 9.17) is 0 Å². The van der Waals surface area contributed by atoms with Crippen molar-refractivity contribution in [3.8, 4) is 0 Å². The second-order valence-corrected chi connectivity index (χ2v) is 4.10. The van der Waals surface area contributed by atoms with Gasteiger partial charge in [0.2, 0.25) is 0 Å². The first-order valence-electron chi connectivity index (χ1n) is 5.32. The van der Waals surface area contributed by atoms with E-state index < -0.39 is 0 Å². The van der Waals surface area contributed by atoms with Gasteiger partial charge in [-0.25, -0.2) is 0 Å². The van der Waals surface area contributed by atoms with Crippen LogP contribution in [0.1, 0.15) is 10.4 Å². The van der Waals surface area contributed by atoms with E-state index in [-0.39, 0.29) is 5.91 Å². The maximum Gasteiger partial charge on any atom is 0.256 e. The minimum atomic E-state index is 0.0888. The summed E-state index contributed by atoms with van der Waals surface area (Å²) in [7, 11) is 1.84. The Hall–Kier alpha value is -1.97. The fraction of sp³-hybridized carbons (Fsp3) is 0.250. The summed E-state index contributed by atoms with van der Waals surface area (Å²) in [5.41, 5.74) is 2.91. The maximum absolute atomic E-state index is 12.1. The molecule has 0 aliphatic carbocycles. The number of carbonyl (C=O) groups excluding carboxylic acids is 1. The van der Waals surface area contributed by atoms with Crippen LogP contribution in [0.4, 0.5) is 5.69 Å². The average molecular weight is 215 g/mol. The standard InChI is InChI=1S/C12H13N3O/c1-14-7-9-6-13-8-15(9)11-5-3-2-4-10(11)12(14)16/h2-6,13H,7-8H2,1H3. The average Bonchev–Trinajstić information content (AvgIpc) is 2.72. The monoisotopic (exact) mass is 215 g/mol. The summed E-state index contributed by atoms with van der Waals surface area (Å²) in [6, 6.07) is 7.75. The molecular weight excluding hydrogens is 202 g/mol.